The molecular formula is C21H26ClN3O2. The molecule has 6 heteroatoms. The van der Waals surface area contributed by atoms with E-state index in [1.165, 1.54) is 0 Å². The summed E-state index contributed by atoms with van der Waals surface area (Å²) in [5, 5.41) is 6.26. The number of nitrogens with one attached hydrogen (secondary N) is 2. The van der Waals surface area contributed by atoms with E-state index in [0.717, 1.165) is 38.3 Å². The fourth-order valence-electron chi connectivity index (χ4n) is 3.10. The monoisotopic (exact) mass is 387 g/mol. The summed E-state index contributed by atoms with van der Waals surface area (Å²) in [6.45, 7) is 7.35. The Morgan fingerprint density at radius 2 is 1.63 bits per heavy atom. The molecule has 0 radical (unpaired) electrons. The molecule has 0 unspecified atom stereocenters. The second kappa shape index (κ2) is 10.2. The number of ketones is 1. The van der Waals surface area contributed by atoms with Gasteiger partial charge in [-0.2, -0.15) is 0 Å². The largest absolute Gasteiger partial charge is 0.351 e. The summed E-state index contributed by atoms with van der Waals surface area (Å²) in [4.78, 5) is 27.7. The molecule has 1 heterocycles. The predicted octanol–water partition coefficient (Wildman–Crippen LogP) is 2.28. The predicted molar refractivity (Wildman–Crippen MR) is 110 cm³/mol. The first-order chi connectivity index (χ1) is 12.6. The first kappa shape index (κ1) is 21.1. The molecule has 0 atom stereocenters. The summed E-state index contributed by atoms with van der Waals surface area (Å²) in [7, 11) is 0. The van der Waals surface area contributed by atoms with E-state index in [1.54, 1.807) is 36.4 Å². The van der Waals surface area contributed by atoms with Crippen molar-refractivity contribution in [3.05, 3.63) is 70.8 Å². The van der Waals surface area contributed by atoms with Crippen LogP contribution in [-0.2, 0) is 0 Å². The van der Waals surface area contributed by atoms with Gasteiger partial charge in [-0.05, 0) is 13.0 Å². The van der Waals surface area contributed by atoms with Crippen molar-refractivity contribution in [3.63, 3.8) is 0 Å². The third kappa shape index (κ3) is 5.63. The Balaban J connectivity index is 0.00000261. The van der Waals surface area contributed by atoms with E-state index < -0.39 is 0 Å². The maximum Gasteiger partial charge on any atom is 0.252 e. The first-order valence-electron chi connectivity index (χ1n) is 9.07. The van der Waals surface area contributed by atoms with Crippen molar-refractivity contribution >= 4 is 24.1 Å². The molecule has 0 saturated carbocycles. The first-order valence-corrected chi connectivity index (χ1v) is 9.07. The maximum absolute atomic E-state index is 12.8. The van der Waals surface area contributed by atoms with Crippen LogP contribution in [-0.4, -0.2) is 55.9 Å². The highest BCUT2D eigenvalue weighted by Crippen LogP contribution is 2.15. The number of hydrogen-bond donors (Lipinski definition) is 2. The van der Waals surface area contributed by atoms with E-state index in [9.17, 15) is 9.59 Å². The SMILES string of the molecule is Cc1ccc(C(=O)c2ccccc2C(=O)NCCN2CCNCC2)cc1.Cl. The lowest BCUT2D eigenvalue weighted by molar-refractivity contribution is 0.0936. The van der Waals surface area contributed by atoms with Crippen LogP contribution in [0.4, 0.5) is 0 Å². The van der Waals surface area contributed by atoms with Crippen LogP contribution in [0.5, 0.6) is 0 Å². The van der Waals surface area contributed by atoms with Gasteiger partial charge in [0, 0.05) is 50.4 Å². The van der Waals surface area contributed by atoms with Crippen LogP contribution in [0, 0.1) is 6.92 Å². The van der Waals surface area contributed by atoms with Gasteiger partial charge in [-0.15, -0.1) is 12.4 Å². The Bertz CT molecular complexity index is 771. The lowest BCUT2D eigenvalue weighted by Crippen LogP contribution is -2.46. The van der Waals surface area contributed by atoms with Gasteiger partial charge in [0.25, 0.3) is 5.91 Å². The molecule has 0 aromatic heterocycles. The van der Waals surface area contributed by atoms with E-state index in [-0.39, 0.29) is 24.1 Å². The summed E-state index contributed by atoms with van der Waals surface area (Å²) >= 11 is 0. The molecule has 1 amide bonds. The number of halogens is 1. The number of rotatable bonds is 6. The average molecular weight is 388 g/mol. The summed E-state index contributed by atoms with van der Waals surface area (Å²) in [6.07, 6.45) is 0. The van der Waals surface area contributed by atoms with Gasteiger partial charge in [-0.25, -0.2) is 0 Å². The number of hydrogen-bond acceptors (Lipinski definition) is 4. The van der Waals surface area contributed by atoms with Crippen LogP contribution in [0.2, 0.25) is 0 Å². The Kier molecular flexibility index (Phi) is 7.98. The number of aryl methyl sites for hydroxylation is 1. The van der Waals surface area contributed by atoms with Crippen LogP contribution in [0.25, 0.3) is 0 Å². The van der Waals surface area contributed by atoms with Crippen molar-refractivity contribution in [2.45, 2.75) is 6.92 Å². The summed E-state index contributed by atoms with van der Waals surface area (Å²) in [6, 6.07) is 14.4. The van der Waals surface area contributed by atoms with Gasteiger partial charge in [-0.1, -0.05) is 48.0 Å². The van der Waals surface area contributed by atoms with Gasteiger partial charge in [0.2, 0.25) is 0 Å². The van der Waals surface area contributed by atoms with Gasteiger partial charge in [0.1, 0.15) is 0 Å². The van der Waals surface area contributed by atoms with Gasteiger partial charge in [0.05, 0.1) is 5.56 Å². The second-order valence-corrected chi connectivity index (χ2v) is 6.59. The second-order valence-electron chi connectivity index (χ2n) is 6.59. The topological polar surface area (TPSA) is 61.4 Å². The molecule has 2 N–H and O–H groups in total. The standard InChI is InChI=1S/C21H25N3O2.ClH/c1-16-6-8-17(9-7-16)20(25)18-4-2-3-5-19(18)21(26)23-12-15-24-13-10-22-11-14-24;/h2-9,22H,10-15H2,1H3,(H,23,26);1H. The van der Waals surface area contributed by atoms with Gasteiger partial charge in [-0.3, -0.25) is 14.5 Å². The average Bonchev–Trinajstić information content (AvgIpc) is 2.69. The van der Waals surface area contributed by atoms with Crippen molar-refractivity contribution in [1.82, 2.24) is 15.5 Å². The van der Waals surface area contributed by atoms with Crippen LogP contribution in [0.15, 0.2) is 48.5 Å². The summed E-state index contributed by atoms with van der Waals surface area (Å²) in [5.41, 5.74) is 2.56. The number of amides is 1. The van der Waals surface area contributed by atoms with Gasteiger partial charge in [0.15, 0.2) is 5.78 Å². The Morgan fingerprint density at radius 1 is 1.00 bits per heavy atom. The Labute approximate surface area is 166 Å². The molecular weight excluding hydrogens is 362 g/mol. The maximum atomic E-state index is 12.8. The van der Waals surface area contributed by atoms with E-state index >= 15 is 0 Å². The van der Waals surface area contributed by atoms with Crippen molar-refractivity contribution in [1.29, 1.82) is 0 Å². The highest BCUT2D eigenvalue weighted by atomic mass is 35.5. The smallest absolute Gasteiger partial charge is 0.252 e. The molecule has 1 fully saturated rings. The molecule has 2 aromatic carbocycles. The minimum Gasteiger partial charge on any atom is -0.351 e. The summed E-state index contributed by atoms with van der Waals surface area (Å²) < 4.78 is 0. The molecule has 27 heavy (non-hydrogen) atoms. The normalized spacial score (nSPS) is 14.3. The van der Waals surface area contributed by atoms with E-state index in [0.29, 0.717) is 23.2 Å². The quantitative estimate of drug-likeness (QED) is 0.746. The van der Waals surface area contributed by atoms with Crippen molar-refractivity contribution in [2.24, 2.45) is 0 Å². The van der Waals surface area contributed by atoms with Crippen LogP contribution < -0.4 is 10.6 Å². The highest BCUT2D eigenvalue weighted by molar-refractivity contribution is 6.15. The van der Waals surface area contributed by atoms with Crippen molar-refractivity contribution < 1.29 is 9.59 Å². The van der Waals surface area contributed by atoms with E-state index in [1.807, 2.05) is 19.1 Å². The lowest BCUT2D eigenvalue weighted by Gasteiger charge is -2.27. The molecule has 0 aliphatic carbocycles. The number of carbonyl (C=O) groups is 2. The molecule has 5 nitrogen and oxygen atoms in total. The van der Waals surface area contributed by atoms with Gasteiger partial charge >= 0.3 is 0 Å². The molecule has 3 rings (SSSR count). The third-order valence-electron chi connectivity index (χ3n) is 4.65. The molecule has 1 aliphatic heterocycles. The zero-order chi connectivity index (χ0) is 18.4. The minimum atomic E-state index is -0.198. The van der Waals surface area contributed by atoms with Crippen LogP contribution in [0.3, 0.4) is 0 Å². The molecule has 1 aliphatic rings. The Hall–Kier alpha value is -2.21. The van der Waals surface area contributed by atoms with Crippen molar-refractivity contribution in [3.8, 4) is 0 Å². The van der Waals surface area contributed by atoms with Crippen LogP contribution >= 0.6 is 12.4 Å². The fraction of sp³-hybridized carbons (Fsp3) is 0.333. The molecule has 2 aromatic rings. The van der Waals surface area contributed by atoms with E-state index in [2.05, 4.69) is 15.5 Å². The molecule has 144 valence electrons. The Morgan fingerprint density at radius 3 is 2.30 bits per heavy atom. The van der Waals surface area contributed by atoms with Gasteiger partial charge < -0.3 is 10.6 Å². The fourth-order valence-corrected chi connectivity index (χ4v) is 3.10. The zero-order valence-electron chi connectivity index (χ0n) is 15.5. The number of nitrogens with zero attached hydrogens (tertiary/aromatic N) is 1. The molecule has 0 bridgehead atoms. The molecule has 1 saturated heterocycles. The van der Waals surface area contributed by atoms with Crippen molar-refractivity contribution in [2.75, 3.05) is 39.3 Å². The van der Waals surface area contributed by atoms with E-state index in [4.69, 9.17) is 0 Å². The zero-order valence-corrected chi connectivity index (χ0v) is 16.3. The lowest BCUT2D eigenvalue weighted by atomic mass is 9.97. The third-order valence-corrected chi connectivity index (χ3v) is 4.65. The number of carbonyl (C=O) groups excluding carboxylic acids is 2. The molecule has 0 spiro atoms. The minimum absolute atomic E-state index is 0. The number of piperazine rings is 1. The number of benzene rings is 2. The van der Waals surface area contributed by atoms with Crippen LogP contribution in [0.1, 0.15) is 31.8 Å². The summed E-state index contributed by atoms with van der Waals surface area (Å²) in [5.74, 6) is -0.325. The highest BCUT2D eigenvalue weighted by Gasteiger charge is 2.18.